The van der Waals surface area contributed by atoms with Crippen molar-refractivity contribution in [1.82, 2.24) is 0 Å². The molecule has 0 amide bonds. The van der Waals surface area contributed by atoms with Gasteiger partial charge in [0.15, 0.2) is 0 Å². The smallest absolute Gasteiger partial charge is 0.337 e. The molecule has 0 aliphatic carbocycles. The van der Waals surface area contributed by atoms with Crippen molar-refractivity contribution in [2.24, 2.45) is 0 Å². The average Bonchev–Trinajstić information content (AvgIpc) is 2.16. The van der Waals surface area contributed by atoms with Crippen molar-refractivity contribution in [2.45, 2.75) is 0 Å². The molecular formula is C10H9NO4. The summed E-state index contributed by atoms with van der Waals surface area (Å²) in [4.78, 5) is 20.9. The summed E-state index contributed by atoms with van der Waals surface area (Å²) in [6.45, 7) is 0. The summed E-state index contributed by atoms with van der Waals surface area (Å²) in [6, 6.07) is 4.28. The van der Waals surface area contributed by atoms with Crippen LogP contribution in [0.5, 0.6) is 0 Å². The molecule has 0 spiro atoms. The van der Waals surface area contributed by atoms with Crippen molar-refractivity contribution in [1.29, 1.82) is 0 Å². The summed E-state index contributed by atoms with van der Waals surface area (Å²) >= 11 is 0. The number of rotatable bonds is 3. The maximum absolute atomic E-state index is 10.7. The van der Waals surface area contributed by atoms with Crippen LogP contribution < -0.4 is 5.73 Å². The van der Waals surface area contributed by atoms with Crippen LogP contribution in [0.15, 0.2) is 24.3 Å². The molecule has 1 rings (SSSR count). The minimum atomic E-state index is -1.14. The van der Waals surface area contributed by atoms with Gasteiger partial charge in [0.25, 0.3) is 0 Å². The standard InChI is InChI=1S/C10H9NO4/c11-8-3-1-6(2-4-9(12)13)5-7(8)10(14)15/h1-5H,11H2,(H,12,13)(H,14,15). The highest BCUT2D eigenvalue weighted by molar-refractivity contribution is 5.94. The molecule has 0 aliphatic heterocycles. The van der Waals surface area contributed by atoms with Crippen molar-refractivity contribution in [3.63, 3.8) is 0 Å². The van der Waals surface area contributed by atoms with E-state index in [-0.39, 0.29) is 11.3 Å². The highest BCUT2D eigenvalue weighted by Crippen LogP contribution is 2.15. The van der Waals surface area contributed by atoms with Gasteiger partial charge in [-0.05, 0) is 23.8 Å². The number of nitrogen functional groups attached to an aromatic ring is 1. The topological polar surface area (TPSA) is 101 Å². The molecule has 0 radical (unpaired) electrons. The van der Waals surface area contributed by atoms with Gasteiger partial charge in [-0.25, -0.2) is 9.59 Å². The number of benzene rings is 1. The second-order valence-corrected chi connectivity index (χ2v) is 2.82. The number of aliphatic carboxylic acids is 1. The predicted octanol–water partition coefficient (Wildman–Crippen LogP) is 1.06. The Bertz CT molecular complexity index is 437. The Morgan fingerprint density at radius 3 is 2.47 bits per heavy atom. The average molecular weight is 207 g/mol. The van der Waals surface area contributed by atoms with E-state index in [2.05, 4.69) is 0 Å². The molecule has 0 fully saturated rings. The molecule has 5 heteroatoms. The van der Waals surface area contributed by atoms with Crippen LogP contribution in [0, 0.1) is 0 Å². The van der Waals surface area contributed by atoms with Crippen LogP contribution >= 0.6 is 0 Å². The first-order valence-corrected chi connectivity index (χ1v) is 4.04. The van der Waals surface area contributed by atoms with E-state index >= 15 is 0 Å². The van der Waals surface area contributed by atoms with E-state index in [9.17, 15) is 9.59 Å². The van der Waals surface area contributed by atoms with E-state index < -0.39 is 11.9 Å². The molecule has 0 aliphatic rings. The second-order valence-electron chi connectivity index (χ2n) is 2.82. The van der Waals surface area contributed by atoms with Crippen LogP contribution in [0.25, 0.3) is 6.08 Å². The van der Waals surface area contributed by atoms with E-state index in [1.54, 1.807) is 6.07 Å². The van der Waals surface area contributed by atoms with Gasteiger partial charge in [-0.2, -0.15) is 0 Å². The van der Waals surface area contributed by atoms with Crippen molar-refractivity contribution in [3.05, 3.63) is 35.4 Å². The molecule has 1 aromatic rings. The molecule has 0 bridgehead atoms. The molecule has 78 valence electrons. The number of hydrogen-bond donors (Lipinski definition) is 3. The van der Waals surface area contributed by atoms with Gasteiger partial charge in [0.1, 0.15) is 0 Å². The van der Waals surface area contributed by atoms with Gasteiger partial charge in [0, 0.05) is 11.8 Å². The second kappa shape index (κ2) is 4.28. The summed E-state index contributed by atoms with van der Waals surface area (Å²) < 4.78 is 0. The molecule has 0 saturated carbocycles. The Labute approximate surface area is 85.5 Å². The maximum Gasteiger partial charge on any atom is 0.337 e. The number of carboxylic acids is 2. The summed E-state index contributed by atoms with van der Waals surface area (Å²) in [5.41, 5.74) is 6.01. The Morgan fingerprint density at radius 1 is 1.27 bits per heavy atom. The lowest BCUT2D eigenvalue weighted by atomic mass is 10.1. The number of hydrogen-bond acceptors (Lipinski definition) is 3. The first kappa shape index (κ1) is 10.8. The van der Waals surface area contributed by atoms with E-state index in [1.807, 2.05) is 0 Å². The third kappa shape index (κ3) is 2.84. The predicted molar refractivity (Wildman–Crippen MR) is 54.5 cm³/mol. The van der Waals surface area contributed by atoms with Crippen LogP contribution in [0.4, 0.5) is 5.69 Å². The Kier molecular flexibility index (Phi) is 3.07. The molecule has 1 aromatic carbocycles. The number of carboxylic acid groups (broad SMARTS) is 2. The Hall–Kier alpha value is -2.30. The van der Waals surface area contributed by atoms with Gasteiger partial charge in [-0.1, -0.05) is 6.07 Å². The van der Waals surface area contributed by atoms with Crippen LogP contribution in [-0.2, 0) is 4.79 Å². The largest absolute Gasteiger partial charge is 0.478 e. The third-order valence-corrected chi connectivity index (χ3v) is 1.73. The fourth-order valence-electron chi connectivity index (χ4n) is 1.03. The molecule has 0 atom stereocenters. The van der Waals surface area contributed by atoms with Crippen LogP contribution in [0.2, 0.25) is 0 Å². The van der Waals surface area contributed by atoms with Crippen molar-refractivity contribution in [3.8, 4) is 0 Å². The highest BCUT2D eigenvalue weighted by atomic mass is 16.4. The summed E-state index contributed by atoms with van der Waals surface area (Å²) in [5.74, 6) is -2.23. The Balaban J connectivity index is 3.08. The van der Waals surface area contributed by atoms with Crippen molar-refractivity contribution in [2.75, 3.05) is 5.73 Å². The van der Waals surface area contributed by atoms with Crippen molar-refractivity contribution >= 4 is 23.7 Å². The molecule has 0 heterocycles. The van der Waals surface area contributed by atoms with Crippen LogP contribution in [0.1, 0.15) is 15.9 Å². The summed E-state index contributed by atoms with van der Waals surface area (Å²) in [7, 11) is 0. The first-order valence-electron chi connectivity index (χ1n) is 4.04. The molecule has 15 heavy (non-hydrogen) atoms. The van der Waals surface area contributed by atoms with Gasteiger partial charge in [0.2, 0.25) is 0 Å². The fourth-order valence-corrected chi connectivity index (χ4v) is 1.03. The van der Waals surface area contributed by atoms with Gasteiger partial charge >= 0.3 is 11.9 Å². The SMILES string of the molecule is Nc1ccc(C=CC(=O)O)cc1C(=O)O. The fraction of sp³-hybridized carbons (Fsp3) is 0. The highest BCUT2D eigenvalue weighted by Gasteiger charge is 2.07. The zero-order valence-corrected chi connectivity index (χ0v) is 7.68. The third-order valence-electron chi connectivity index (χ3n) is 1.73. The molecule has 0 saturated heterocycles. The van der Waals surface area contributed by atoms with Gasteiger partial charge < -0.3 is 15.9 Å². The summed E-state index contributed by atoms with van der Waals surface area (Å²) in [6.07, 6.45) is 2.23. The number of anilines is 1. The van der Waals surface area contributed by atoms with E-state index in [0.29, 0.717) is 5.56 Å². The lowest BCUT2D eigenvalue weighted by Gasteiger charge is -2.01. The van der Waals surface area contributed by atoms with Crippen LogP contribution in [-0.4, -0.2) is 22.2 Å². The van der Waals surface area contributed by atoms with E-state index in [4.69, 9.17) is 15.9 Å². The minimum Gasteiger partial charge on any atom is -0.478 e. The first-order chi connectivity index (χ1) is 7.00. The van der Waals surface area contributed by atoms with Gasteiger partial charge in [-0.3, -0.25) is 0 Å². The zero-order chi connectivity index (χ0) is 11.4. The Morgan fingerprint density at radius 2 is 1.93 bits per heavy atom. The normalized spacial score (nSPS) is 10.4. The van der Waals surface area contributed by atoms with Gasteiger partial charge in [0.05, 0.1) is 5.56 Å². The van der Waals surface area contributed by atoms with Crippen LogP contribution in [0.3, 0.4) is 0 Å². The number of carbonyl (C=O) groups is 2. The monoisotopic (exact) mass is 207 g/mol. The summed E-state index contributed by atoms with van der Waals surface area (Å²) in [5, 5.41) is 17.1. The molecule has 4 N–H and O–H groups in total. The van der Waals surface area contributed by atoms with E-state index in [0.717, 1.165) is 6.08 Å². The van der Waals surface area contributed by atoms with Gasteiger partial charge in [-0.15, -0.1) is 0 Å². The van der Waals surface area contributed by atoms with Crippen molar-refractivity contribution < 1.29 is 19.8 Å². The maximum atomic E-state index is 10.7. The molecule has 0 aromatic heterocycles. The zero-order valence-electron chi connectivity index (χ0n) is 7.68. The molecular weight excluding hydrogens is 198 g/mol. The molecule has 0 unspecified atom stereocenters. The lowest BCUT2D eigenvalue weighted by molar-refractivity contribution is -0.131. The van der Waals surface area contributed by atoms with E-state index in [1.165, 1.54) is 18.2 Å². The quantitative estimate of drug-likeness (QED) is 0.508. The molecule has 5 nitrogen and oxygen atoms in total. The number of aromatic carboxylic acids is 1. The number of nitrogens with two attached hydrogens (primary N) is 1. The minimum absolute atomic E-state index is 0.0393. The lowest BCUT2D eigenvalue weighted by Crippen LogP contribution is -2.02.